The molecule has 0 aliphatic heterocycles. The normalized spacial score (nSPS) is 12.0. The molecule has 0 aliphatic carbocycles. The van der Waals surface area contributed by atoms with Crippen molar-refractivity contribution in [2.75, 3.05) is 12.4 Å². The van der Waals surface area contributed by atoms with Crippen LogP contribution in [0, 0.1) is 5.82 Å². The highest BCUT2D eigenvalue weighted by Crippen LogP contribution is 2.17. The number of nitrogens with one attached hydrogen (secondary N) is 1. The molecular weight excluding hydrogens is 277 g/mol. The number of ether oxygens (including phenoxy) is 1. The number of rotatable bonds is 4. The van der Waals surface area contributed by atoms with Crippen molar-refractivity contribution in [2.24, 2.45) is 0 Å². The third-order valence-corrected chi connectivity index (χ3v) is 2.99. The zero-order valence-electron chi connectivity index (χ0n) is 9.09. The first kappa shape index (κ1) is 13.0. The topological polar surface area (TPSA) is 38.3 Å². The predicted octanol–water partition coefficient (Wildman–Crippen LogP) is 2.35. The van der Waals surface area contributed by atoms with Gasteiger partial charge in [0.05, 0.1) is 7.11 Å². The van der Waals surface area contributed by atoms with Gasteiger partial charge in [-0.2, -0.15) is 0 Å². The van der Waals surface area contributed by atoms with Gasteiger partial charge in [-0.3, -0.25) is 4.79 Å². The van der Waals surface area contributed by atoms with Crippen LogP contribution in [0.1, 0.15) is 17.3 Å². The molecule has 16 heavy (non-hydrogen) atoms. The second kappa shape index (κ2) is 5.84. The monoisotopic (exact) mass is 289 g/mol. The number of hydrogen-bond donors (Lipinski definition) is 1. The Morgan fingerprint density at radius 1 is 1.62 bits per heavy atom. The maximum absolute atomic E-state index is 13.3. The van der Waals surface area contributed by atoms with Gasteiger partial charge in [-0.1, -0.05) is 15.9 Å². The molecule has 5 heteroatoms. The first-order valence-corrected chi connectivity index (χ1v) is 5.91. The van der Waals surface area contributed by atoms with Gasteiger partial charge in [0.1, 0.15) is 0 Å². The summed E-state index contributed by atoms with van der Waals surface area (Å²) in [5, 5.41) is 3.37. The van der Waals surface area contributed by atoms with E-state index in [1.807, 2.05) is 6.92 Å². The standard InChI is InChI=1S/C11H13BrFNO2/c1-7(6-12)14-11(15)8-3-4-10(16-2)9(13)5-8/h3-5,7H,6H2,1-2H3,(H,14,15). The summed E-state index contributed by atoms with van der Waals surface area (Å²) in [7, 11) is 1.38. The zero-order chi connectivity index (χ0) is 12.1. The average molecular weight is 290 g/mol. The summed E-state index contributed by atoms with van der Waals surface area (Å²) >= 11 is 3.24. The Hall–Kier alpha value is -1.10. The molecule has 0 heterocycles. The van der Waals surface area contributed by atoms with Crippen molar-refractivity contribution in [1.29, 1.82) is 0 Å². The summed E-state index contributed by atoms with van der Waals surface area (Å²) in [4.78, 5) is 11.6. The maximum atomic E-state index is 13.3. The minimum absolute atomic E-state index is 0.00216. The number of alkyl halides is 1. The van der Waals surface area contributed by atoms with E-state index in [-0.39, 0.29) is 23.3 Å². The third kappa shape index (κ3) is 3.20. The van der Waals surface area contributed by atoms with Crippen molar-refractivity contribution in [3.05, 3.63) is 29.6 Å². The Bertz CT molecular complexity index is 384. The Morgan fingerprint density at radius 3 is 2.81 bits per heavy atom. The molecule has 1 atom stereocenters. The molecule has 0 radical (unpaired) electrons. The molecule has 1 unspecified atom stereocenters. The summed E-state index contributed by atoms with van der Waals surface area (Å²) in [5.41, 5.74) is 0.283. The lowest BCUT2D eigenvalue weighted by atomic mass is 10.2. The van der Waals surface area contributed by atoms with Gasteiger partial charge in [-0.05, 0) is 25.1 Å². The Balaban J connectivity index is 2.81. The molecule has 3 nitrogen and oxygen atoms in total. The number of hydrogen-bond acceptors (Lipinski definition) is 2. The molecule has 1 amide bonds. The van der Waals surface area contributed by atoms with Crippen molar-refractivity contribution in [1.82, 2.24) is 5.32 Å². The highest BCUT2D eigenvalue weighted by molar-refractivity contribution is 9.09. The van der Waals surface area contributed by atoms with Crippen LogP contribution in [0.2, 0.25) is 0 Å². The number of carbonyl (C=O) groups excluding carboxylic acids is 1. The molecule has 0 aromatic heterocycles. The van der Waals surface area contributed by atoms with Crippen molar-refractivity contribution < 1.29 is 13.9 Å². The van der Waals surface area contributed by atoms with E-state index in [9.17, 15) is 9.18 Å². The summed E-state index contributed by atoms with van der Waals surface area (Å²) in [6, 6.07) is 4.12. The first-order chi connectivity index (χ1) is 7.58. The number of carbonyl (C=O) groups is 1. The van der Waals surface area contributed by atoms with Crippen molar-refractivity contribution in [2.45, 2.75) is 13.0 Å². The van der Waals surface area contributed by atoms with Crippen LogP contribution in [0.25, 0.3) is 0 Å². The van der Waals surface area contributed by atoms with Crippen LogP contribution in [0.4, 0.5) is 4.39 Å². The highest BCUT2D eigenvalue weighted by atomic mass is 79.9. The van der Waals surface area contributed by atoms with Crippen LogP contribution >= 0.6 is 15.9 Å². The summed E-state index contributed by atoms with van der Waals surface area (Å²) < 4.78 is 18.1. The van der Waals surface area contributed by atoms with Gasteiger partial charge in [-0.25, -0.2) is 4.39 Å². The van der Waals surface area contributed by atoms with Gasteiger partial charge < -0.3 is 10.1 Å². The zero-order valence-corrected chi connectivity index (χ0v) is 10.7. The summed E-state index contributed by atoms with van der Waals surface area (Å²) in [5.74, 6) is -0.708. The van der Waals surface area contributed by atoms with Crippen LogP contribution in [0.15, 0.2) is 18.2 Å². The molecule has 1 rings (SSSR count). The van der Waals surface area contributed by atoms with E-state index in [1.54, 1.807) is 0 Å². The highest BCUT2D eigenvalue weighted by Gasteiger charge is 2.11. The van der Waals surface area contributed by atoms with E-state index in [0.29, 0.717) is 5.33 Å². The van der Waals surface area contributed by atoms with Crippen LogP contribution in [0.3, 0.4) is 0 Å². The molecule has 1 N–H and O–H groups in total. The van der Waals surface area contributed by atoms with E-state index >= 15 is 0 Å². The van der Waals surface area contributed by atoms with E-state index in [4.69, 9.17) is 4.74 Å². The predicted molar refractivity (Wildman–Crippen MR) is 63.7 cm³/mol. The minimum Gasteiger partial charge on any atom is -0.494 e. The molecule has 0 fully saturated rings. The van der Waals surface area contributed by atoms with Crippen LogP contribution in [-0.2, 0) is 0 Å². The molecule has 1 aromatic carbocycles. The third-order valence-electron chi connectivity index (χ3n) is 2.02. The second-order valence-electron chi connectivity index (χ2n) is 3.38. The first-order valence-electron chi connectivity index (χ1n) is 4.79. The van der Waals surface area contributed by atoms with E-state index in [0.717, 1.165) is 6.07 Å². The fourth-order valence-corrected chi connectivity index (χ4v) is 1.32. The lowest BCUT2D eigenvalue weighted by Crippen LogP contribution is -2.33. The molecular formula is C11H13BrFNO2. The molecule has 0 bridgehead atoms. The minimum atomic E-state index is -0.540. The Kier molecular flexibility index (Phi) is 4.73. The molecule has 0 saturated heterocycles. The van der Waals surface area contributed by atoms with E-state index in [2.05, 4.69) is 21.2 Å². The molecule has 0 spiro atoms. The second-order valence-corrected chi connectivity index (χ2v) is 4.03. The molecule has 1 aromatic rings. The van der Waals surface area contributed by atoms with Crippen LogP contribution in [0.5, 0.6) is 5.75 Å². The average Bonchev–Trinajstić information content (AvgIpc) is 2.28. The van der Waals surface area contributed by atoms with Gasteiger partial charge in [0.2, 0.25) is 0 Å². The maximum Gasteiger partial charge on any atom is 0.251 e. The number of methoxy groups -OCH3 is 1. The van der Waals surface area contributed by atoms with Crippen LogP contribution in [-0.4, -0.2) is 24.4 Å². The van der Waals surface area contributed by atoms with Crippen LogP contribution < -0.4 is 10.1 Å². The van der Waals surface area contributed by atoms with Gasteiger partial charge in [0.25, 0.3) is 5.91 Å². The fourth-order valence-electron chi connectivity index (χ4n) is 1.15. The van der Waals surface area contributed by atoms with Gasteiger partial charge in [0, 0.05) is 16.9 Å². The van der Waals surface area contributed by atoms with Gasteiger partial charge >= 0.3 is 0 Å². The number of halogens is 2. The molecule has 88 valence electrons. The van der Waals surface area contributed by atoms with Gasteiger partial charge in [0.15, 0.2) is 11.6 Å². The Labute approximate surface area is 102 Å². The lowest BCUT2D eigenvalue weighted by molar-refractivity contribution is 0.0943. The largest absolute Gasteiger partial charge is 0.494 e. The summed E-state index contributed by atoms with van der Waals surface area (Å²) in [6.07, 6.45) is 0. The number of amides is 1. The van der Waals surface area contributed by atoms with E-state index < -0.39 is 5.82 Å². The van der Waals surface area contributed by atoms with Crippen molar-refractivity contribution in [3.8, 4) is 5.75 Å². The quantitative estimate of drug-likeness (QED) is 0.864. The van der Waals surface area contributed by atoms with E-state index in [1.165, 1.54) is 19.2 Å². The summed E-state index contributed by atoms with van der Waals surface area (Å²) in [6.45, 7) is 1.85. The smallest absolute Gasteiger partial charge is 0.251 e. The van der Waals surface area contributed by atoms with Gasteiger partial charge in [-0.15, -0.1) is 0 Å². The Morgan fingerprint density at radius 2 is 2.31 bits per heavy atom. The SMILES string of the molecule is COc1ccc(C(=O)NC(C)CBr)cc1F. The van der Waals surface area contributed by atoms with Crippen molar-refractivity contribution >= 4 is 21.8 Å². The molecule has 0 aliphatic rings. The van der Waals surface area contributed by atoms with Crippen molar-refractivity contribution in [3.63, 3.8) is 0 Å². The molecule has 0 saturated carbocycles. The fraction of sp³-hybridized carbons (Fsp3) is 0.364. The number of benzene rings is 1. The lowest BCUT2D eigenvalue weighted by Gasteiger charge is -2.11.